The molecule has 8 heteroatoms. The third-order valence-corrected chi connectivity index (χ3v) is 3.73. The second-order valence-corrected chi connectivity index (χ2v) is 4.94. The highest BCUT2D eigenvalue weighted by atomic mass is 32.1. The van der Waals surface area contributed by atoms with E-state index in [1.54, 1.807) is 12.0 Å². The molecule has 0 aliphatic carbocycles. The first-order valence-electron chi connectivity index (χ1n) is 5.56. The number of anilines is 1. The SMILES string of the molecule is COC(C)c1nsc(N2CC(O)CC2C(=O)O)n1. The molecule has 2 rings (SSSR count). The van der Waals surface area contributed by atoms with E-state index in [4.69, 9.17) is 9.84 Å². The van der Waals surface area contributed by atoms with Crippen LogP contribution in [0.15, 0.2) is 0 Å². The number of ether oxygens (including phenoxy) is 1. The molecule has 0 amide bonds. The van der Waals surface area contributed by atoms with Crippen molar-refractivity contribution in [2.24, 2.45) is 0 Å². The number of aliphatic carboxylic acids is 1. The van der Waals surface area contributed by atoms with Crippen LogP contribution >= 0.6 is 11.5 Å². The predicted molar refractivity (Wildman–Crippen MR) is 64.7 cm³/mol. The third-order valence-electron chi connectivity index (χ3n) is 2.96. The molecule has 1 saturated heterocycles. The molecule has 1 aromatic rings. The monoisotopic (exact) mass is 273 g/mol. The molecular formula is C10H15N3O4S. The van der Waals surface area contributed by atoms with Gasteiger partial charge < -0.3 is 19.8 Å². The van der Waals surface area contributed by atoms with Crippen molar-refractivity contribution < 1.29 is 19.7 Å². The summed E-state index contributed by atoms with van der Waals surface area (Å²) in [6, 6.07) is -0.737. The van der Waals surface area contributed by atoms with Crippen molar-refractivity contribution in [2.45, 2.75) is 31.6 Å². The minimum Gasteiger partial charge on any atom is -0.480 e. The highest BCUT2D eigenvalue weighted by molar-refractivity contribution is 7.09. The molecule has 2 N–H and O–H groups in total. The Labute approximate surface area is 108 Å². The first-order chi connectivity index (χ1) is 8.52. The molecule has 3 atom stereocenters. The fraction of sp³-hybridized carbons (Fsp3) is 0.700. The summed E-state index contributed by atoms with van der Waals surface area (Å²) in [5, 5.41) is 19.2. The van der Waals surface area contributed by atoms with E-state index in [1.165, 1.54) is 0 Å². The van der Waals surface area contributed by atoms with Gasteiger partial charge >= 0.3 is 5.97 Å². The van der Waals surface area contributed by atoms with Crippen molar-refractivity contribution in [3.05, 3.63) is 5.82 Å². The van der Waals surface area contributed by atoms with Crippen LogP contribution in [0.4, 0.5) is 5.13 Å². The number of rotatable bonds is 4. The van der Waals surface area contributed by atoms with Gasteiger partial charge in [0, 0.05) is 31.6 Å². The first-order valence-corrected chi connectivity index (χ1v) is 6.34. The third kappa shape index (κ3) is 2.45. The smallest absolute Gasteiger partial charge is 0.326 e. The number of hydrogen-bond acceptors (Lipinski definition) is 7. The number of aliphatic hydroxyl groups excluding tert-OH is 1. The number of β-amino-alcohol motifs (C(OH)–C–C–N with tert-alkyl or cyclic N) is 1. The van der Waals surface area contributed by atoms with Crippen molar-refractivity contribution in [3.63, 3.8) is 0 Å². The van der Waals surface area contributed by atoms with Crippen molar-refractivity contribution in [1.82, 2.24) is 9.36 Å². The maximum absolute atomic E-state index is 11.1. The summed E-state index contributed by atoms with van der Waals surface area (Å²) in [4.78, 5) is 17.0. The largest absolute Gasteiger partial charge is 0.480 e. The average Bonchev–Trinajstić information content (AvgIpc) is 2.93. The molecule has 1 aliphatic heterocycles. The lowest BCUT2D eigenvalue weighted by Crippen LogP contribution is -2.35. The van der Waals surface area contributed by atoms with E-state index < -0.39 is 18.1 Å². The zero-order valence-electron chi connectivity index (χ0n) is 10.1. The maximum atomic E-state index is 11.1. The fourth-order valence-electron chi connectivity index (χ4n) is 1.87. The van der Waals surface area contributed by atoms with E-state index in [9.17, 15) is 9.90 Å². The van der Waals surface area contributed by atoms with E-state index in [0.29, 0.717) is 11.0 Å². The quantitative estimate of drug-likeness (QED) is 0.812. The van der Waals surface area contributed by atoms with Gasteiger partial charge in [0.15, 0.2) is 5.82 Å². The number of aliphatic hydroxyl groups is 1. The summed E-state index contributed by atoms with van der Waals surface area (Å²) in [5.41, 5.74) is 0. The van der Waals surface area contributed by atoms with Crippen LogP contribution in [0.25, 0.3) is 0 Å². The van der Waals surface area contributed by atoms with Crippen molar-refractivity contribution in [3.8, 4) is 0 Å². The standard InChI is InChI=1S/C10H15N3O4S/c1-5(17-2)8-11-10(18-12-8)13-4-6(14)3-7(13)9(15)16/h5-7,14H,3-4H2,1-2H3,(H,15,16). The minimum atomic E-state index is -0.955. The van der Waals surface area contributed by atoms with Crippen molar-refractivity contribution in [2.75, 3.05) is 18.6 Å². The van der Waals surface area contributed by atoms with E-state index >= 15 is 0 Å². The summed E-state index contributed by atoms with van der Waals surface area (Å²) < 4.78 is 9.24. The summed E-state index contributed by atoms with van der Waals surface area (Å²) in [7, 11) is 1.56. The molecule has 0 bridgehead atoms. The Morgan fingerprint density at radius 2 is 2.39 bits per heavy atom. The molecule has 0 aromatic carbocycles. The van der Waals surface area contributed by atoms with Gasteiger partial charge in [0.2, 0.25) is 5.13 Å². The van der Waals surface area contributed by atoms with Crippen LogP contribution in [0.1, 0.15) is 25.3 Å². The van der Waals surface area contributed by atoms with Gasteiger partial charge in [-0.2, -0.15) is 4.37 Å². The normalized spacial score (nSPS) is 25.4. The number of carboxylic acid groups (broad SMARTS) is 1. The Balaban J connectivity index is 2.20. The Bertz CT molecular complexity index is 439. The molecule has 3 unspecified atom stereocenters. The van der Waals surface area contributed by atoms with E-state index in [0.717, 1.165) is 11.5 Å². The summed E-state index contributed by atoms with van der Waals surface area (Å²) in [6.07, 6.45) is -0.659. The van der Waals surface area contributed by atoms with Gasteiger partial charge in [0.25, 0.3) is 0 Å². The minimum absolute atomic E-state index is 0.212. The van der Waals surface area contributed by atoms with Gasteiger partial charge in [-0.3, -0.25) is 0 Å². The van der Waals surface area contributed by atoms with Crippen LogP contribution in [0.5, 0.6) is 0 Å². The van der Waals surface area contributed by atoms with Gasteiger partial charge in [0.1, 0.15) is 12.1 Å². The topological polar surface area (TPSA) is 95.8 Å². The highest BCUT2D eigenvalue weighted by Crippen LogP contribution is 2.29. The Hall–Kier alpha value is -1.25. The van der Waals surface area contributed by atoms with Crippen LogP contribution in [0, 0.1) is 0 Å². The molecule has 1 fully saturated rings. The van der Waals surface area contributed by atoms with Crippen LogP contribution in [0.3, 0.4) is 0 Å². The molecule has 18 heavy (non-hydrogen) atoms. The fourth-order valence-corrected chi connectivity index (χ4v) is 2.68. The predicted octanol–water partition coefficient (Wildman–Crippen LogP) is 0.270. The second-order valence-electron chi connectivity index (χ2n) is 4.21. The second kappa shape index (κ2) is 5.17. The van der Waals surface area contributed by atoms with Crippen LogP contribution in [-0.4, -0.2) is 51.3 Å². The van der Waals surface area contributed by atoms with Gasteiger partial charge in [-0.15, -0.1) is 0 Å². The molecule has 100 valence electrons. The first kappa shape index (κ1) is 13.2. The van der Waals surface area contributed by atoms with Gasteiger partial charge in [-0.05, 0) is 6.92 Å². The molecule has 0 saturated carbocycles. The average molecular weight is 273 g/mol. The van der Waals surface area contributed by atoms with Crippen LogP contribution < -0.4 is 4.90 Å². The zero-order chi connectivity index (χ0) is 13.3. The molecular weight excluding hydrogens is 258 g/mol. The highest BCUT2D eigenvalue weighted by Gasteiger charge is 2.38. The molecule has 0 radical (unpaired) electrons. The lowest BCUT2D eigenvalue weighted by atomic mass is 10.2. The Morgan fingerprint density at radius 3 is 3.00 bits per heavy atom. The van der Waals surface area contributed by atoms with Crippen LogP contribution in [0.2, 0.25) is 0 Å². The number of methoxy groups -OCH3 is 1. The van der Waals surface area contributed by atoms with Crippen molar-refractivity contribution in [1.29, 1.82) is 0 Å². The Morgan fingerprint density at radius 1 is 1.67 bits per heavy atom. The summed E-state index contributed by atoms with van der Waals surface area (Å²) in [5.74, 6) is -0.425. The maximum Gasteiger partial charge on any atom is 0.326 e. The summed E-state index contributed by atoms with van der Waals surface area (Å²) in [6.45, 7) is 2.09. The lowest BCUT2D eigenvalue weighted by Gasteiger charge is -2.19. The molecule has 2 heterocycles. The number of carboxylic acids is 1. The van der Waals surface area contributed by atoms with Crippen molar-refractivity contribution >= 4 is 22.6 Å². The van der Waals surface area contributed by atoms with E-state index in [1.807, 2.05) is 6.92 Å². The van der Waals surface area contributed by atoms with E-state index in [-0.39, 0.29) is 19.1 Å². The van der Waals surface area contributed by atoms with E-state index in [2.05, 4.69) is 9.36 Å². The summed E-state index contributed by atoms with van der Waals surface area (Å²) >= 11 is 1.12. The van der Waals surface area contributed by atoms with Crippen LogP contribution in [-0.2, 0) is 9.53 Å². The molecule has 1 aromatic heterocycles. The molecule has 0 spiro atoms. The lowest BCUT2D eigenvalue weighted by molar-refractivity contribution is -0.138. The zero-order valence-corrected chi connectivity index (χ0v) is 10.9. The number of nitrogens with zero attached hydrogens (tertiary/aromatic N) is 3. The number of carbonyl (C=O) groups is 1. The van der Waals surface area contributed by atoms with Gasteiger partial charge in [-0.1, -0.05) is 0 Å². The number of aromatic nitrogens is 2. The number of hydrogen-bond donors (Lipinski definition) is 2. The molecule has 1 aliphatic rings. The molecule has 7 nitrogen and oxygen atoms in total. The van der Waals surface area contributed by atoms with Gasteiger partial charge in [-0.25, -0.2) is 9.78 Å². The van der Waals surface area contributed by atoms with Gasteiger partial charge in [0.05, 0.1) is 6.10 Å². The Kier molecular flexibility index (Phi) is 3.79.